The molecule has 1 aromatic carbocycles. The first-order valence-electron chi connectivity index (χ1n) is 7.39. The van der Waals surface area contributed by atoms with E-state index in [1.807, 2.05) is 0 Å². The largest absolute Gasteiger partial charge is 0.392 e. The standard InChI is InChI=1S/C15H26N2O3S/c1-3-17(4-2)11-5-10-16-21(19,20)13-15-8-6-14(12-18)7-9-15/h6-9,16,18H,3-5,10-13H2,1-2H3. The molecule has 0 amide bonds. The van der Waals surface area contributed by atoms with E-state index in [0.29, 0.717) is 6.54 Å². The van der Waals surface area contributed by atoms with E-state index in [1.54, 1.807) is 24.3 Å². The average molecular weight is 314 g/mol. The van der Waals surface area contributed by atoms with Gasteiger partial charge in [0.05, 0.1) is 12.4 Å². The minimum atomic E-state index is -3.30. The summed E-state index contributed by atoms with van der Waals surface area (Å²) in [4.78, 5) is 2.27. The first-order chi connectivity index (χ1) is 10.0. The van der Waals surface area contributed by atoms with Crippen LogP contribution in [0.3, 0.4) is 0 Å². The number of nitrogens with zero attached hydrogens (tertiary/aromatic N) is 1. The lowest BCUT2D eigenvalue weighted by Gasteiger charge is -2.17. The average Bonchev–Trinajstić information content (AvgIpc) is 2.48. The summed E-state index contributed by atoms with van der Waals surface area (Å²) in [5, 5.41) is 8.96. The minimum Gasteiger partial charge on any atom is -0.392 e. The van der Waals surface area contributed by atoms with Gasteiger partial charge in [0.25, 0.3) is 0 Å². The lowest BCUT2D eigenvalue weighted by Crippen LogP contribution is -2.30. The van der Waals surface area contributed by atoms with Gasteiger partial charge >= 0.3 is 0 Å². The Kier molecular flexibility index (Phi) is 7.88. The van der Waals surface area contributed by atoms with Crippen LogP contribution in [-0.4, -0.2) is 44.6 Å². The van der Waals surface area contributed by atoms with Gasteiger partial charge in [0.15, 0.2) is 0 Å². The second-order valence-corrected chi connectivity index (χ2v) is 6.82. The van der Waals surface area contributed by atoms with Gasteiger partial charge in [0, 0.05) is 6.54 Å². The van der Waals surface area contributed by atoms with Crippen molar-refractivity contribution < 1.29 is 13.5 Å². The third-order valence-corrected chi connectivity index (χ3v) is 4.79. The molecule has 120 valence electrons. The van der Waals surface area contributed by atoms with Crippen molar-refractivity contribution in [3.05, 3.63) is 35.4 Å². The van der Waals surface area contributed by atoms with Gasteiger partial charge < -0.3 is 10.0 Å². The molecule has 0 unspecified atom stereocenters. The third kappa shape index (κ3) is 7.04. The van der Waals surface area contributed by atoms with E-state index in [9.17, 15) is 8.42 Å². The number of nitrogens with one attached hydrogen (secondary N) is 1. The maximum atomic E-state index is 12.0. The molecule has 5 nitrogen and oxygen atoms in total. The van der Waals surface area contributed by atoms with E-state index in [2.05, 4.69) is 23.5 Å². The highest BCUT2D eigenvalue weighted by molar-refractivity contribution is 7.88. The lowest BCUT2D eigenvalue weighted by molar-refractivity contribution is 0.282. The molecule has 0 aromatic heterocycles. The second-order valence-electron chi connectivity index (χ2n) is 5.01. The number of hydrogen-bond acceptors (Lipinski definition) is 4. The first-order valence-corrected chi connectivity index (χ1v) is 9.04. The highest BCUT2D eigenvalue weighted by atomic mass is 32.2. The van der Waals surface area contributed by atoms with Crippen molar-refractivity contribution in [3.63, 3.8) is 0 Å². The molecule has 0 spiro atoms. The van der Waals surface area contributed by atoms with Crippen LogP contribution in [0.1, 0.15) is 31.4 Å². The summed E-state index contributed by atoms with van der Waals surface area (Å²) in [5.41, 5.74) is 1.51. The van der Waals surface area contributed by atoms with Crippen LogP contribution in [0, 0.1) is 0 Å². The summed E-state index contributed by atoms with van der Waals surface area (Å²) >= 11 is 0. The fraction of sp³-hybridized carbons (Fsp3) is 0.600. The van der Waals surface area contributed by atoms with E-state index in [-0.39, 0.29) is 12.4 Å². The zero-order valence-corrected chi connectivity index (χ0v) is 13.7. The highest BCUT2D eigenvalue weighted by Crippen LogP contribution is 2.07. The van der Waals surface area contributed by atoms with E-state index in [1.165, 1.54) is 0 Å². The summed E-state index contributed by atoms with van der Waals surface area (Å²) in [5.74, 6) is -0.0238. The molecule has 0 radical (unpaired) electrons. The Balaban J connectivity index is 2.39. The van der Waals surface area contributed by atoms with Crippen molar-refractivity contribution in [1.29, 1.82) is 0 Å². The van der Waals surface area contributed by atoms with Crippen LogP contribution < -0.4 is 4.72 Å². The Morgan fingerprint density at radius 3 is 2.19 bits per heavy atom. The summed E-state index contributed by atoms with van der Waals surface area (Å²) in [6, 6.07) is 6.96. The molecule has 1 rings (SSSR count). The first kappa shape index (κ1) is 18.1. The minimum absolute atomic E-state index is 0.0238. The molecule has 0 aliphatic carbocycles. The summed E-state index contributed by atoms with van der Waals surface area (Å²) in [6.45, 7) is 7.51. The van der Waals surface area contributed by atoms with Crippen molar-refractivity contribution in [2.24, 2.45) is 0 Å². The van der Waals surface area contributed by atoms with Crippen LogP contribution in [0.25, 0.3) is 0 Å². The third-order valence-electron chi connectivity index (χ3n) is 3.43. The van der Waals surface area contributed by atoms with E-state index in [0.717, 1.165) is 37.2 Å². The Hall–Kier alpha value is -0.950. The topological polar surface area (TPSA) is 69.6 Å². The number of aliphatic hydroxyl groups excluding tert-OH is 1. The SMILES string of the molecule is CCN(CC)CCCNS(=O)(=O)Cc1ccc(CO)cc1. The maximum absolute atomic E-state index is 12.0. The Morgan fingerprint density at radius 1 is 1.10 bits per heavy atom. The number of hydrogen-bond donors (Lipinski definition) is 2. The van der Waals surface area contributed by atoms with Crippen LogP contribution in [0.15, 0.2) is 24.3 Å². The molecule has 21 heavy (non-hydrogen) atoms. The molecule has 0 aliphatic rings. The summed E-state index contributed by atoms with van der Waals surface area (Å²) in [7, 11) is -3.30. The van der Waals surface area contributed by atoms with Crippen molar-refractivity contribution in [3.8, 4) is 0 Å². The van der Waals surface area contributed by atoms with E-state index < -0.39 is 10.0 Å². The van der Waals surface area contributed by atoms with Gasteiger partial charge in [-0.3, -0.25) is 0 Å². The lowest BCUT2D eigenvalue weighted by atomic mass is 10.2. The van der Waals surface area contributed by atoms with Gasteiger partial charge in [-0.25, -0.2) is 13.1 Å². The summed E-state index contributed by atoms with van der Waals surface area (Å²) < 4.78 is 26.6. The van der Waals surface area contributed by atoms with Crippen molar-refractivity contribution >= 4 is 10.0 Å². The zero-order chi connectivity index (χ0) is 15.7. The molecule has 6 heteroatoms. The van der Waals surface area contributed by atoms with Crippen LogP contribution >= 0.6 is 0 Å². The quantitative estimate of drug-likeness (QED) is 0.639. The molecule has 0 atom stereocenters. The molecular weight excluding hydrogens is 288 g/mol. The van der Waals surface area contributed by atoms with Gasteiger partial charge in [-0.2, -0.15) is 0 Å². The van der Waals surface area contributed by atoms with Crippen LogP contribution in [0.2, 0.25) is 0 Å². The zero-order valence-electron chi connectivity index (χ0n) is 12.9. The van der Waals surface area contributed by atoms with Gasteiger partial charge in [0.2, 0.25) is 10.0 Å². The molecule has 1 aromatic rings. The predicted octanol–water partition coefficient (Wildman–Crippen LogP) is 1.33. The predicted molar refractivity (Wildman–Crippen MR) is 85.4 cm³/mol. The van der Waals surface area contributed by atoms with Crippen LogP contribution in [0.5, 0.6) is 0 Å². The van der Waals surface area contributed by atoms with Gasteiger partial charge in [-0.05, 0) is 37.2 Å². The number of aliphatic hydroxyl groups is 1. The monoisotopic (exact) mass is 314 g/mol. The Morgan fingerprint density at radius 2 is 1.67 bits per heavy atom. The van der Waals surface area contributed by atoms with Crippen molar-refractivity contribution in [1.82, 2.24) is 9.62 Å². The molecule has 0 aliphatic heterocycles. The van der Waals surface area contributed by atoms with Gasteiger partial charge in [-0.1, -0.05) is 38.1 Å². The Labute approximate surface area is 128 Å². The van der Waals surface area contributed by atoms with Crippen molar-refractivity contribution in [2.45, 2.75) is 32.6 Å². The highest BCUT2D eigenvalue weighted by Gasteiger charge is 2.11. The van der Waals surface area contributed by atoms with Gasteiger partial charge in [0.1, 0.15) is 0 Å². The molecule has 0 bridgehead atoms. The number of benzene rings is 1. The number of sulfonamides is 1. The molecule has 0 heterocycles. The number of rotatable bonds is 10. The molecule has 2 N–H and O–H groups in total. The Bertz CT molecular complexity index is 496. The second kappa shape index (κ2) is 9.15. The smallest absolute Gasteiger partial charge is 0.215 e. The van der Waals surface area contributed by atoms with Gasteiger partial charge in [-0.15, -0.1) is 0 Å². The molecule has 0 saturated carbocycles. The normalized spacial score (nSPS) is 12.0. The summed E-state index contributed by atoms with van der Waals surface area (Å²) in [6.07, 6.45) is 0.810. The van der Waals surface area contributed by atoms with E-state index in [4.69, 9.17) is 5.11 Å². The molecule has 0 fully saturated rings. The fourth-order valence-electron chi connectivity index (χ4n) is 2.08. The van der Waals surface area contributed by atoms with E-state index >= 15 is 0 Å². The molecule has 0 saturated heterocycles. The fourth-order valence-corrected chi connectivity index (χ4v) is 3.27. The van der Waals surface area contributed by atoms with Crippen LogP contribution in [0.4, 0.5) is 0 Å². The maximum Gasteiger partial charge on any atom is 0.215 e. The molecular formula is C15H26N2O3S. The van der Waals surface area contributed by atoms with Crippen molar-refractivity contribution in [2.75, 3.05) is 26.2 Å². The van der Waals surface area contributed by atoms with Crippen LogP contribution in [-0.2, 0) is 22.4 Å².